The minimum atomic E-state index is -5.21. The predicted molar refractivity (Wildman–Crippen MR) is 103 cm³/mol. The summed E-state index contributed by atoms with van der Waals surface area (Å²) in [5, 5.41) is 0.329. The van der Waals surface area contributed by atoms with Crippen molar-refractivity contribution in [1.29, 1.82) is 0 Å². The summed E-state index contributed by atoms with van der Waals surface area (Å²) in [4.78, 5) is 31.1. The van der Waals surface area contributed by atoms with Crippen LogP contribution in [0.5, 0.6) is 0 Å². The number of fused-ring (bicyclic) bond motifs is 1. The fraction of sp³-hybridized carbons (Fsp3) is 0.579. The summed E-state index contributed by atoms with van der Waals surface area (Å²) in [6, 6.07) is 4.51. The van der Waals surface area contributed by atoms with Crippen LogP contribution in [-0.2, 0) is 9.53 Å². The van der Waals surface area contributed by atoms with Gasteiger partial charge < -0.3 is 14.5 Å². The average Bonchev–Trinajstić information content (AvgIpc) is 2.99. The van der Waals surface area contributed by atoms with Crippen molar-refractivity contribution in [2.45, 2.75) is 43.9 Å². The van der Waals surface area contributed by atoms with Crippen LogP contribution in [0.15, 0.2) is 23.0 Å². The van der Waals surface area contributed by atoms with E-state index in [0.29, 0.717) is 34.2 Å². The molecule has 0 atom stereocenters. The Hall–Kier alpha value is -2.04. The average molecular weight is 448 g/mol. The largest absolute Gasteiger partial charge is 0.493 e. The van der Waals surface area contributed by atoms with Gasteiger partial charge in [0.15, 0.2) is 0 Å². The maximum atomic E-state index is 13.0. The third-order valence-corrected chi connectivity index (χ3v) is 6.01. The van der Waals surface area contributed by atoms with E-state index in [1.54, 1.807) is 0 Å². The molecule has 11 heteroatoms. The summed E-state index contributed by atoms with van der Waals surface area (Å²) >= 11 is 6.06. The number of alkyl halides is 3. The molecular weight excluding hydrogens is 427 g/mol. The Morgan fingerprint density at radius 2 is 1.73 bits per heavy atom. The minimum absolute atomic E-state index is 0.0638. The second-order valence-electron chi connectivity index (χ2n) is 7.57. The molecular formula is C19H21ClF3N3O4. The number of hydrogen-bond donors (Lipinski definition) is 0. The van der Waals surface area contributed by atoms with Crippen LogP contribution in [0.25, 0.3) is 11.0 Å². The number of halogens is 4. The number of hydrogen-bond acceptors (Lipinski definition) is 5. The molecule has 2 saturated heterocycles. The maximum absolute atomic E-state index is 13.0. The lowest BCUT2D eigenvalue weighted by molar-refractivity contribution is -0.199. The number of imidazole rings is 1. The molecule has 0 radical (unpaired) electrons. The Kier molecular flexibility index (Phi) is 5.82. The van der Waals surface area contributed by atoms with E-state index in [1.807, 2.05) is 0 Å². The number of aromatic nitrogens is 2. The zero-order chi connectivity index (χ0) is 21.5. The first-order valence-electron chi connectivity index (χ1n) is 9.79. The van der Waals surface area contributed by atoms with Gasteiger partial charge in [-0.1, -0.05) is 11.6 Å². The van der Waals surface area contributed by atoms with Crippen LogP contribution in [0, 0.1) is 0 Å². The van der Waals surface area contributed by atoms with E-state index in [1.165, 1.54) is 22.8 Å². The van der Waals surface area contributed by atoms with Crippen molar-refractivity contribution in [3.8, 4) is 0 Å². The molecule has 0 saturated carbocycles. The Labute approximate surface area is 174 Å². The monoisotopic (exact) mass is 447 g/mol. The van der Waals surface area contributed by atoms with Crippen LogP contribution in [-0.4, -0.2) is 58.7 Å². The Balaban J connectivity index is 1.62. The van der Waals surface area contributed by atoms with Crippen LogP contribution in [0.3, 0.4) is 0 Å². The molecule has 3 heterocycles. The number of nitrogens with zero attached hydrogens (tertiary/aromatic N) is 3. The van der Waals surface area contributed by atoms with Gasteiger partial charge in [0.25, 0.3) is 0 Å². The molecule has 0 unspecified atom stereocenters. The fourth-order valence-electron chi connectivity index (χ4n) is 4.30. The second-order valence-corrected chi connectivity index (χ2v) is 8.00. The van der Waals surface area contributed by atoms with Crippen molar-refractivity contribution in [2.24, 2.45) is 0 Å². The van der Waals surface area contributed by atoms with E-state index < -0.39 is 17.8 Å². The number of likely N-dealkylation sites (tertiary alicyclic amines) is 1. The summed E-state index contributed by atoms with van der Waals surface area (Å²) in [6.45, 7) is 3.00. The van der Waals surface area contributed by atoms with E-state index in [9.17, 15) is 22.8 Å². The van der Waals surface area contributed by atoms with Crippen molar-refractivity contribution in [3.05, 3.63) is 33.7 Å². The molecule has 1 aromatic carbocycles. The van der Waals surface area contributed by atoms with Crippen LogP contribution in [0.1, 0.15) is 31.7 Å². The number of benzene rings is 1. The van der Waals surface area contributed by atoms with Gasteiger partial charge in [0.05, 0.1) is 5.52 Å². The topological polar surface area (TPSA) is 65.7 Å². The van der Waals surface area contributed by atoms with Gasteiger partial charge in [0.2, 0.25) is 0 Å². The third-order valence-electron chi connectivity index (χ3n) is 5.77. The van der Waals surface area contributed by atoms with Crippen molar-refractivity contribution in [3.63, 3.8) is 0 Å². The van der Waals surface area contributed by atoms with E-state index in [4.69, 9.17) is 16.3 Å². The highest BCUT2D eigenvalue weighted by Crippen LogP contribution is 2.29. The third kappa shape index (κ3) is 4.08. The molecule has 0 amide bonds. The molecule has 0 spiro atoms. The smallest absolute Gasteiger partial charge is 0.381 e. The Morgan fingerprint density at radius 1 is 1.07 bits per heavy atom. The fourth-order valence-corrected chi connectivity index (χ4v) is 4.47. The van der Waals surface area contributed by atoms with Gasteiger partial charge >= 0.3 is 17.8 Å². The first-order valence-corrected chi connectivity index (χ1v) is 10.2. The number of rotatable bonds is 3. The standard InChI is InChI=1S/C19H21ClF3N3O4/c20-12-1-2-15-16(11-12)25(18(28)26(15)30-17(27)19(21,22)23)14-3-7-24(8-4-14)13-5-9-29-10-6-13/h1-2,11,13-14H,3-10H2. The molecule has 30 heavy (non-hydrogen) atoms. The van der Waals surface area contributed by atoms with Gasteiger partial charge in [-0.2, -0.15) is 13.2 Å². The summed E-state index contributed by atoms with van der Waals surface area (Å²) in [5.74, 6) is -2.45. The molecule has 0 aliphatic carbocycles. The zero-order valence-corrected chi connectivity index (χ0v) is 16.8. The highest BCUT2D eigenvalue weighted by molar-refractivity contribution is 6.31. The first-order chi connectivity index (χ1) is 14.3. The van der Waals surface area contributed by atoms with Crippen LogP contribution < -0.4 is 10.5 Å². The summed E-state index contributed by atoms with van der Waals surface area (Å²) in [7, 11) is 0. The van der Waals surface area contributed by atoms with Crippen molar-refractivity contribution in [2.75, 3.05) is 26.3 Å². The van der Waals surface area contributed by atoms with Crippen LogP contribution >= 0.6 is 11.6 Å². The number of carbonyl (C=O) groups is 1. The van der Waals surface area contributed by atoms with Crippen molar-refractivity contribution < 1.29 is 27.5 Å². The van der Waals surface area contributed by atoms with Gasteiger partial charge in [-0.05, 0) is 43.9 Å². The number of piperidine rings is 1. The lowest BCUT2D eigenvalue weighted by atomic mass is 9.99. The molecule has 1 aromatic heterocycles. The van der Waals surface area contributed by atoms with Crippen LogP contribution in [0.4, 0.5) is 13.2 Å². The van der Waals surface area contributed by atoms with Gasteiger partial charge in [-0.15, -0.1) is 4.73 Å². The highest BCUT2D eigenvalue weighted by Gasteiger charge is 2.43. The van der Waals surface area contributed by atoms with Crippen LogP contribution in [0.2, 0.25) is 5.02 Å². The molecule has 7 nitrogen and oxygen atoms in total. The summed E-state index contributed by atoms with van der Waals surface area (Å²) in [6.07, 6.45) is -1.98. The summed E-state index contributed by atoms with van der Waals surface area (Å²) in [5.41, 5.74) is -0.421. The van der Waals surface area contributed by atoms with E-state index in [2.05, 4.69) is 9.74 Å². The normalized spacial score (nSPS) is 20.0. The van der Waals surface area contributed by atoms with Gasteiger partial charge in [-0.3, -0.25) is 4.57 Å². The maximum Gasteiger partial charge on any atom is 0.493 e. The van der Waals surface area contributed by atoms with Gasteiger partial charge in [-0.25, -0.2) is 9.59 Å². The lowest BCUT2D eigenvalue weighted by Gasteiger charge is -2.39. The molecule has 4 rings (SSSR count). The van der Waals surface area contributed by atoms with E-state index >= 15 is 0 Å². The first kappa shape index (κ1) is 21.2. The van der Waals surface area contributed by atoms with Gasteiger partial charge in [0.1, 0.15) is 5.52 Å². The van der Waals surface area contributed by atoms with Gasteiger partial charge in [0, 0.05) is 43.4 Å². The highest BCUT2D eigenvalue weighted by atomic mass is 35.5. The molecule has 2 aliphatic heterocycles. The molecule has 2 aliphatic rings. The summed E-state index contributed by atoms with van der Waals surface area (Å²) < 4.78 is 45.2. The van der Waals surface area contributed by atoms with E-state index in [0.717, 1.165) is 39.1 Å². The second kappa shape index (κ2) is 8.24. The lowest BCUT2D eigenvalue weighted by Crippen LogP contribution is -2.45. The number of ether oxygens (including phenoxy) is 1. The zero-order valence-electron chi connectivity index (χ0n) is 16.0. The number of carbonyl (C=O) groups excluding carboxylic acids is 1. The molecule has 0 N–H and O–H groups in total. The SMILES string of the molecule is O=C(On1c(=O)n(C2CCN(C3CCOCC3)CC2)c2cc(Cl)ccc21)C(F)(F)F. The Morgan fingerprint density at radius 3 is 2.37 bits per heavy atom. The molecule has 2 fully saturated rings. The molecule has 2 aromatic rings. The molecule has 164 valence electrons. The quantitative estimate of drug-likeness (QED) is 0.724. The van der Waals surface area contributed by atoms with Crippen molar-refractivity contribution in [1.82, 2.24) is 14.2 Å². The minimum Gasteiger partial charge on any atom is -0.381 e. The predicted octanol–water partition coefficient (Wildman–Crippen LogP) is 2.79. The van der Waals surface area contributed by atoms with E-state index in [-0.39, 0.29) is 11.6 Å². The van der Waals surface area contributed by atoms with Crippen molar-refractivity contribution >= 4 is 28.6 Å². The Bertz CT molecular complexity index is 989. The molecule has 0 bridgehead atoms.